The number of phenolic OH excluding ortho intramolecular Hbond substituents is 1. The highest BCUT2D eigenvalue weighted by atomic mass is 16.5. The highest BCUT2D eigenvalue weighted by Crippen LogP contribution is 2.48. The number of methoxy groups -OCH3 is 1. The van der Waals surface area contributed by atoms with Gasteiger partial charge in [-0.05, 0) is 54.3 Å². The molecule has 1 aromatic heterocycles. The van der Waals surface area contributed by atoms with E-state index in [0.29, 0.717) is 12.2 Å². The standard InChI is InChI=1S/C23H20N2O3/c1-28-20-12-13(7-10-18(20)26)23-22-15(4-2-6-19(22)27)21-14-5-3-11-24-16(14)8-9-17(21)25-23/h3,5,7-12,23,25-26H,2,4,6H2,1H3/t23-/m1/s1. The first-order chi connectivity index (χ1) is 13.7. The highest BCUT2D eigenvalue weighted by Gasteiger charge is 2.35. The average Bonchev–Trinajstić information content (AvgIpc) is 2.73. The van der Waals surface area contributed by atoms with Gasteiger partial charge in [0.2, 0.25) is 0 Å². The van der Waals surface area contributed by atoms with Gasteiger partial charge in [-0.3, -0.25) is 9.78 Å². The van der Waals surface area contributed by atoms with Gasteiger partial charge in [-0.2, -0.15) is 0 Å². The number of phenols is 1. The van der Waals surface area contributed by atoms with Crippen molar-refractivity contribution in [3.63, 3.8) is 0 Å². The molecule has 0 fully saturated rings. The lowest BCUT2D eigenvalue weighted by molar-refractivity contribution is -0.116. The number of hydrogen-bond acceptors (Lipinski definition) is 5. The molecule has 2 aromatic carbocycles. The number of pyridine rings is 1. The summed E-state index contributed by atoms with van der Waals surface area (Å²) in [6.45, 7) is 0. The molecule has 1 aliphatic carbocycles. The molecule has 28 heavy (non-hydrogen) atoms. The van der Waals surface area contributed by atoms with Crippen molar-refractivity contribution < 1.29 is 14.6 Å². The zero-order chi connectivity index (χ0) is 19.3. The molecule has 0 bridgehead atoms. The Labute approximate surface area is 162 Å². The minimum absolute atomic E-state index is 0.0868. The van der Waals surface area contributed by atoms with Gasteiger partial charge in [0.05, 0.1) is 18.7 Å². The number of nitrogens with zero attached hydrogens (tertiary/aromatic N) is 1. The number of allylic oxidation sites excluding steroid dienone is 1. The van der Waals surface area contributed by atoms with Crippen molar-refractivity contribution in [2.75, 3.05) is 12.4 Å². The Kier molecular flexibility index (Phi) is 3.83. The van der Waals surface area contributed by atoms with Crippen molar-refractivity contribution >= 4 is 27.9 Å². The van der Waals surface area contributed by atoms with Crippen LogP contribution in [-0.4, -0.2) is 23.0 Å². The molecule has 5 nitrogen and oxygen atoms in total. The van der Waals surface area contributed by atoms with Gasteiger partial charge in [-0.15, -0.1) is 0 Å². The van der Waals surface area contributed by atoms with E-state index >= 15 is 0 Å². The molecule has 2 heterocycles. The molecule has 0 radical (unpaired) electrons. The number of benzene rings is 2. The van der Waals surface area contributed by atoms with E-state index in [9.17, 15) is 9.90 Å². The van der Waals surface area contributed by atoms with E-state index in [1.807, 2.05) is 24.3 Å². The van der Waals surface area contributed by atoms with E-state index in [0.717, 1.165) is 51.7 Å². The zero-order valence-corrected chi connectivity index (χ0v) is 15.5. The monoisotopic (exact) mass is 372 g/mol. The SMILES string of the molecule is COc1cc([C@H]2Nc3ccc4ncccc4c3C3=C2C(=O)CCC3)ccc1O. The van der Waals surface area contributed by atoms with Crippen LogP contribution in [0.3, 0.4) is 0 Å². The molecule has 2 N–H and O–H groups in total. The molecular weight excluding hydrogens is 352 g/mol. The Morgan fingerprint density at radius 3 is 2.93 bits per heavy atom. The van der Waals surface area contributed by atoms with Crippen LogP contribution in [0.2, 0.25) is 0 Å². The first-order valence-corrected chi connectivity index (χ1v) is 9.45. The fourth-order valence-electron chi connectivity index (χ4n) is 4.41. The molecule has 5 heteroatoms. The maximum Gasteiger partial charge on any atom is 0.161 e. The molecule has 3 aromatic rings. The first kappa shape index (κ1) is 16.8. The lowest BCUT2D eigenvalue weighted by Gasteiger charge is -2.35. The number of ether oxygens (including phenoxy) is 1. The van der Waals surface area contributed by atoms with Crippen LogP contribution in [0.1, 0.15) is 36.4 Å². The third-order valence-corrected chi connectivity index (χ3v) is 5.67. The van der Waals surface area contributed by atoms with Gasteiger partial charge in [0.1, 0.15) is 0 Å². The van der Waals surface area contributed by atoms with Crippen molar-refractivity contribution in [3.05, 3.63) is 65.4 Å². The van der Waals surface area contributed by atoms with Gasteiger partial charge < -0.3 is 15.2 Å². The van der Waals surface area contributed by atoms with Crippen molar-refractivity contribution in [2.24, 2.45) is 0 Å². The Balaban J connectivity index is 1.76. The third-order valence-electron chi connectivity index (χ3n) is 5.67. The summed E-state index contributed by atoms with van der Waals surface area (Å²) in [5.41, 5.74) is 5.86. The van der Waals surface area contributed by atoms with E-state index in [-0.39, 0.29) is 17.6 Å². The van der Waals surface area contributed by atoms with Crippen molar-refractivity contribution in [1.29, 1.82) is 0 Å². The van der Waals surface area contributed by atoms with Gasteiger partial charge >= 0.3 is 0 Å². The number of rotatable bonds is 2. The zero-order valence-electron chi connectivity index (χ0n) is 15.5. The van der Waals surface area contributed by atoms with E-state index in [1.165, 1.54) is 7.11 Å². The van der Waals surface area contributed by atoms with E-state index in [2.05, 4.69) is 16.4 Å². The van der Waals surface area contributed by atoms with Crippen molar-refractivity contribution in [2.45, 2.75) is 25.3 Å². The van der Waals surface area contributed by atoms with Gasteiger partial charge in [0.15, 0.2) is 17.3 Å². The molecule has 0 saturated heterocycles. The maximum atomic E-state index is 13.0. The fourth-order valence-corrected chi connectivity index (χ4v) is 4.41. The van der Waals surface area contributed by atoms with Gasteiger partial charge in [0.25, 0.3) is 0 Å². The Hall–Kier alpha value is -3.34. The van der Waals surface area contributed by atoms with Crippen molar-refractivity contribution in [1.82, 2.24) is 4.98 Å². The second-order valence-electron chi connectivity index (χ2n) is 7.24. The molecule has 1 aliphatic heterocycles. The summed E-state index contributed by atoms with van der Waals surface area (Å²) >= 11 is 0. The molecule has 1 atom stereocenters. The van der Waals surface area contributed by atoms with E-state index in [1.54, 1.807) is 18.3 Å². The quantitative estimate of drug-likeness (QED) is 0.687. The molecule has 0 spiro atoms. The number of Topliss-reactive ketones (excluding diaryl/α,β-unsaturated/α-hetero) is 1. The van der Waals surface area contributed by atoms with Gasteiger partial charge in [-0.25, -0.2) is 0 Å². The Morgan fingerprint density at radius 2 is 2.07 bits per heavy atom. The van der Waals surface area contributed by atoms with Crippen LogP contribution in [0.4, 0.5) is 5.69 Å². The minimum Gasteiger partial charge on any atom is -0.504 e. The van der Waals surface area contributed by atoms with Crippen LogP contribution in [-0.2, 0) is 4.79 Å². The molecule has 5 rings (SSSR count). The lowest BCUT2D eigenvalue weighted by Crippen LogP contribution is -2.27. The number of carbonyl (C=O) groups excluding carboxylic acids is 1. The van der Waals surface area contributed by atoms with E-state index < -0.39 is 0 Å². The van der Waals surface area contributed by atoms with Crippen LogP contribution in [0.5, 0.6) is 11.5 Å². The molecule has 140 valence electrons. The number of fused-ring (bicyclic) bond motifs is 4. The molecule has 2 aliphatic rings. The summed E-state index contributed by atoms with van der Waals surface area (Å²) in [5, 5.41) is 14.6. The number of carbonyl (C=O) groups is 1. The second kappa shape index (κ2) is 6.37. The summed E-state index contributed by atoms with van der Waals surface area (Å²) in [5.74, 6) is 0.666. The smallest absolute Gasteiger partial charge is 0.161 e. The highest BCUT2D eigenvalue weighted by molar-refractivity contribution is 6.12. The number of aromatic nitrogens is 1. The van der Waals surface area contributed by atoms with Crippen LogP contribution < -0.4 is 10.1 Å². The summed E-state index contributed by atoms with van der Waals surface area (Å²) in [7, 11) is 1.53. The van der Waals surface area contributed by atoms with E-state index in [4.69, 9.17) is 4.74 Å². The number of hydrogen-bond donors (Lipinski definition) is 2. The Morgan fingerprint density at radius 1 is 1.18 bits per heavy atom. The molecule has 0 unspecified atom stereocenters. The number of aromatic hydroxyl groups is 1. The lowest BCUT2D eigenvalue weighted by atomic mass is 9.77. The topological polar surface area (TPSA) is 71.5 Å². The number of nitrogens with one attached hydrogen (secondary N) is 1. The minimum atomic E-state index is -0.265. The van der Waals surface area contributed by atoms with Crippen molar-refractivity contribution in [3.8, 4) is 11.5 Å². The van der Waals surface area contributed by atoms with Gasteiger partial charge in [-0.1, -0.05) is 12.1 Å². The largest absolute Gasteiger partial charge is 0.504 e. The molecule has 0 amide bonds. The van der Waals surface area contributed by atoms with Crippen LogP contribution >= 0.6 is 0 Å². The second-order valence-corrected chi connectivity index (χ2v) is 7.24. The van der Waals surface area contributed by atoms with Crippen LogP contribution in [0.25, 0.3) is 16.5 Å². The molecular formula is C23H20N2O3. The normalized spacial score (nSPS) is 18.5. The summed E-state index contributed by atoms with van der Waals surface area (Å²) in [4.78, 5) is 17.5. The fraction of sp³-hybridized carbons (Fsp3) is 0.217. The average molecular weight is 372 g/mol. The molecule has 0 saturated carbocycles. The van der Waals surface area contributed by atoms with Crippen LogP contribution in [0, 0.1) is 0 Å². The number of ketones is 1. The number of anilines is 1. The maximum absolute atomic E-state index is 13.0. The Bertz CT molecular complexity index is 1150. The predicted molar refractivity (Wildman–Crippen MR) is 109 cm³/mol. The summed E-state index contributed by atoms with van der Waals surface area (Å²) < 4.78 is 5.28. The van der Waals surface area contributed by atoms with Crippen LogP contribution in [0.15, 0.2) is 54.2 Å². The predicted octanol–water partition coefficient (Wildman–Crippen LogP) is 4.62. The first-order valence-electron chi connectivity index (χ1n) is 9.45. The van der Waals surface area contributed by atoms with Gasteiger partial charge in [0, 0.05) is 34.8 Å². The third kappa shape index (κ3) is 2.47. The summed E-state index contributed by atoms with van der Waals surface area (Å²) in [6.07, 6.45) is 4.08. The summed E-state index contributed by atoms with van der Waals surface area (Å²) in [6, 6.07) is 13.0.